The predicted molar refractivity (Wildman–Crippen MR) is 71.9 cm³/mol. The number of nitro groups is 1. The Labute approximate surface area is 120 Å². The van der Waals surface area contributed by atoms with Crippen molar-refractivity contribution in [2.75, 3.05) is 6.54 Å². The van der Waals surface area contributed by atoms with Gasteiger partial charge in [0.05, 0.1) is 11.0 Å². The number of nitrogens with zero attached hydrogens (tertiary/aromatic N) is 2. The van der Waals surface area contributed by atoms with Gasteiger partial charge in [-0.2, -0.15) is 0 Å². The van der Waals surface area contributed by atoms with E-state index in [2.05, 4.69) is 6.92 Å². The Balaban J connectivity index is 2.39. The summed E-state index contributed by atoms with van der Waals surface area (Å²) >= 11 is 0. The number of benzene rings is 1. The molecule has 1 aromatic carbocycles. The second kappa shape index (κ2) is 5.75. The zero-order valence-corrected chi connectivity index (χ0v) is 11.8. The van der Waals surface area contributed by atoms with Gasteiger partial charge >= 0.3 is 0 Å². The Kier molecular flexibility index (Phi) is 4.20. The van der Waals surface area contributed by atoms with Gasteiger partial charge in [-0.25, -0.2) is 8.78 Å². The average molecular weight is 298 g/mol. The quantitative estimate of drug-likeness (QED) is 0.622. The molecule has 0 N–H and O–H groups in total. The number of hydrogen-bond donors (Lipinski definition) is 0. The SMILES string of the molecule is CC1CCN(C(=O)c2cc(F)c(F)cc2[N+](=O)[O-])C(C)C1. The minimum atomic E-state index is -1.33. The highest BCUT2D eigenvalue weighted by molar-refractivity contribution is 5.98. The summed E-state index contributed by atoms with van der Waals surface area (Å²) in [5, 5.41) is 11.0. The van der Waals surface area contributed by atoms with E-state index in [0.29, 0.717) is 24.6 Å². The molecule has 0 radical (unpaired) electrons. The molecule has 2 rings (SSSR count). The van der Waals surface area contributed by atoms with Crippen LogP contribution in [0.3, 0.4) is 0 Å². The average Bonchev–Trinajstić information content (AvgIpc) is 2.40. The lowest BCUT2D eigenvalue weighted by Gasteiger charge is -2.36. The normalized spacial score (nSPS) is 22.2. The zero-order valence-electron chi connectivity index (χ0n) is 11.8. The number of piperidine rings is 1. The van der Waals surface area contributed by atoms with Crippen LogP contribution in [-0.4, -0.2) is 28.3 Å². The fraction of sp³-hybridized carbons (Fsp3) is 0.500. The number of halogens is 2. The highest BCUT2D eigenvalue weighted by atomic mass is 19.2. The van der Waals surface area contributed by atoms with Crippen LogP contribution in [0, 0.1) is 27.7 Å². The zero-order chi connectivity index (χ0) is 15.7. The predicted octanol–water partition coefficient (Wildman–Crippen LogP) is 3.13. The maximum Gasteiger partial charge on any atom is 0.285 e. The highest BCUT2D eigenvalue weighted by Gasteiger charge is 2.32. The standard InChI is InChI=1S/C14H16F2N2O3/c1-8-3-4-17(9(2)5-8)14(19)10-6-11(15)12(16)7-13(10)18(20)21/h6-9H,3-5H2,1-2H3. The summed E-state index contributed by atoms with van der Waals surface area (Å²) in [7, 11) is 0. The van der Waals surface area contributed by atoms with Gasteiger partial charge in [-0.15, -0.1) is 0 Å². The number of hydrogen-bond acceptors (Lipinski definition) is 3. The Bertz CT molecular complexity index is 592. The number of likely N-dealkylation sites (tertiary alicyclic amines) is 1. The van der Waals surface area contributed by atoms with E-state index in [1.165, 1.54) is 4.90 Å². The molecular formula is C14H16F2N2O3. The summed E-state index contributed by atoms with van der Waals surface area (Å²) in [4.78, 5) is 24.0. The Morgan fingerprint density at radius 1 is 1.33 bits per heavy atom. The molecule has 2 unspecified atom stereocenters. The molecule has 1 amide bonds. The molecule has 1 aliphatic rings. The van der Waals surface area contributed by atoms with Crippen molar-refractivity contribution in [1.82, 2.24) is 4.90 Å². The van der Waals surface area contributed by atoms with Gasteiger partial charge in [-0.1, -0.05) is 6.92 Å². The first-order valence-electron chi connectivity index (χ1n) is 6.75. The van der Waals surface area contributed by atoms with Gasteiger partial charge in [0.1, 0.15) is 5.56 Å². The van der Waals surface area contributed by atoms with Gasteiger partial charge in [0.25, 0.3) is 11.6 Å². The lowest BCUT2D eigenvalue weighted by molar-refractivity contribution is -0.385. The Morgan fingerprint density at radius 2 is 1.95 bits per heavy atom. The summed E-state index contributed by atoms with van der Waals surface area (Å²) in [5.41, 5.74) is -1.11. The van der Waals surface area contributed by atoms with Crippen LogP contribution in [0.2, 0.25) is 0 Å². The van der Waals surface area contributed by atoms with E-state index >= 15 is 0 Å². The molecule has 5 nitrogen and oxygen atoms in total. The van der Waals surface area contributed by atoms with Crippen LogP contribution < -0.4 is 0 Å². The lowest BCUT2D eigenvalue weighted by atomic mass is 9.92. The molecule has 0 spiro atoms. The van der Waals surface area contributed by atoms with Crippen molar-refractivity contribution in [3.05, 3.63) is 39.4 Å². The molecule has 0 aromatic heterocycles. The third kappa shape index (κ3) is 3.01. The lowest BCUT2D eigenvalue weighted by Crippen LogP contribution is -2.44. The van der Waals surface area contributed by atoms with Crippen molar-refractivity contribution in [2.24, 2.45) is 5.92 Å². The number of carbonyl (C=O) groups excluding carboxylic acids is 1. The van der Waals surface area contributed by atoms with E-state index in [4.69, 9.17) is 0 Å². The van der Waals surface area contributed by atoms with Crippen LogP contribution in [0.4, 0.5) is 14.5 Å². The maximum atomic E-state index is 13.3. The molecule has 1 saturated heterocycles. The fourth-order valence-electron chi connectivity index (χ4n) is 2.72. The molecule has 21 heavy (non-hydrogen) atoms. The first-order valence-corrected chi connectivity index (χ1v) is 6.75. The Morgan fingerprint density at radius 3 is 2.52 bits per heavy atom. The summed E-state index contributed by atoms with van der Waals surface area (Å²) in [5.74, 6) is -2.76. The van der Waals surface area contributed by atoms with Crippen molar-refractivity contribution in [3.63, 3.8) is 0 Å². The summed E-state index contributed by atoms with van der Waals surface area (Å²) in [6.45, 7) is 4.37. The first kappa shape index (κ1) is 15.3. The number of rotatable bonds is 2. The number of nitro benzene ring substituents is 1. The molecule has 1 heterocycles. The molecule has 1 aliphatic heterocycles. The smallest absolute Gasteiger partial charge is 0.285 e. The molecule has 0 saturated carbocycles. The third-order valence-corrected chi connectivity index (χ3v) is 3.86. The monoisotopic (exact) mass is 298 g/mol. The molecule has 7 heteroatoms. The molecule has 114 valence electrons. The van der Waals surface area contributed by atoms with Crippen molar-refractivity contribution >= 4 is 11.6 Å². The maximum absolute atomic E-state index is 13.3. The van der Waals surface area contributed by atoms with Crippen LogP contribution in [-0.2, 0) is 0 Å². The second-order valence-corrected chi connectivity index (χ2v) is 5.52. The van der Waals surface area contributed by atoms with Crippen LogP contribution >= 0.6 is 0 Å². The van der Waals surface area contributed by atoms with Crippen molar-refractivity contribution in [2.45, 2.75) is 32.7 Å². The second-order valence-electron chi connectivity index (χ2n) is 5.52. The fourth-order valence-corrected chi connectivity index (χ4v) is 2.72. The summed E-state index contributed by atoms with van der Waals surface area (Å²) in [6, 6.07) is 0.981. The first-order chi connectivity index (χ1) is 9.81. The van der Waals surface area contributed by atoms with Crippen LogP contribution in [0.5, 0.6) is 0 Å². The minimum Gasteiger partial charge on any atom is -0.336 e. The van der Waals surface area contributed by atoms with Gasteiger partial charge in [-0.3, -0.25) is 14.9 Å². The van der Waals surface area contributed by atoms with Gasteiger partial charge in [0.15, 0.2) is 11.6 Å². The van der Waals surface area contributed by atoms with Crippen molar-refractivity contribution in [3.8, 4) is 0 Å². The molecular weight excluding hydrogens is 282 g/mol. The van der Waals surface area contributed by atoms with Crippen LogP contribution in [0.15, 0.2) is 12.1 Å². The third-order valence-electron chi connectivity index (χ3n) is 3.86. The van der Waals surface area contributed by atoms with E-state index in [0.717, 1.165) is 12.8 Å². The van der Waals surface area contributed by atoms with Crippen molar-refractivity contribution < 1.29 is 18.5 Å². The highest BCUT2D eigenvalue weighted by Crippen LogP contribution is 2.28. The number of carbonyl (C=O) groups is 1. The molecule has 0 bridgehead atoms. The van der Waals surface area contributed by atoms with E-state index in [-0.39, 0.29) is 6.04 Å². The van der Waals surface area contributed by atoms with E-state index < -0.39 is 33.7 Å². The van der Waals surface area contributed by atoms with Gasteiger partial charge < -0.3 is 4.90 Å². The largest absolute Gasteiger partial charge is 0.336 e. The van der Waals surface area contributed by atoms with Gasteiger partial charge in [-0.05, 0) is 31.7 Å². The molecule has 2 atom stereocenters. The van der Waals surface area contributed by atoms with Crippen LogP contribution in [0.25, 0.3) is 0 Å². The van der Waals surface area contributed by atoms with E-state index in [1.807, 2.05) is 6.92 Å². The molecule has 0 aliphatic carbocycles. The molecule has 1 aromatic rings. The summed E-state index contributed by atoms with van der Waals surface area (Å²) in [6.07, 6.45) is 1.57. The summed E-state index contributed by atoms with van der Waals surface area (Å²) < 4.78 is 26.5. The van der Waals surface area contributed by atoms with Crippen molar-refractivity contribution in [1.29, 1.82) is 0 Å². The van der Waals surface area contributed by atoms with E-state index in [9.17, 15) is 23.7 Å². The van der Waals surface area contributed by atoms with Crippen LogP contribution in [0.1, 0.15) is 37.0 Å². The molecule has 1 fully saturated rings. The topological polar surface area (TPSA) is 63.5 Å². The van der Waals surface area contributed by atoms with Gasteiger partial charge in [0.2, 0.25) is 0 Å². The van der Waals surface area contributed by atoms with E-state index in [1.54, 1.807) is 0 Å². The van der Waals surface area contributed by atoms with Gasteiger partial charge in [0, 0.05) is 12.6 Å². The Hall–Kier alpha value is -2.05. The number of amides is 1. The minimum absolute atomic E-state index is 0.0889.